The Morgan fingerprint density at radius 1 is 1.39 bits per heavy atom. The second kappa shape index (κ2) is 5.08. The maximum atomic E-state index is 10.3. The number of aliphatic hydroxyl groups excluding tert-OH is 1. The van der Waals surface area contributed by atoms with Crippen LogP contribution in [0.4, 0.5) is 0 Å². The summed E-state index contributed by atoms with van der Waals surface area (Å²) in [6.07, 6.45) is 1.55. The molecule has 5 heteroatoms. The van der Waals surface area contributed by atoms with Gasteiger partial charge in [0.2, 0.25) is 0 Å². The summed E-state index contributed by atoms with van der Waals surface area (Å²) in [4.78, 5) is 4.18. The Balaban J connectivity index is 2.27. The molecule has 2 rings (SSSR count). The lowest BCUT2D eigenvalue weighted by atomic mass is 10.0. The molecule has 0 aromatic carbocycles. The second-order valence-corrected chi connectivity index (χ2v) is 4.73. The van der Waals surface area contributed by atoms with Gasteiger partial charge in [0.25, 0.3) is 0 Å². The van der Waals surface area contributed by atoms with Crippen molar-refractivity contribution in [3.63, 3.8) is 0 Å². The molecule has 96 valence electrons. The van der Waals surface area contributed by atoms with Crippen molar-refractivity contribution in [2.45, 2.75) is 26.4 Å². The smallest absolute Gasteiger partial charge is 0.130 e. The number of halogens is 1. The molecule has 0 fully saturated rings. The van der Waals surface area contributed by atoms with E-state index in [-0.39, 0.29) is 0 Å². The summed E-state index contributed by atoms with van der Waals surface area (Å²) in [6.45, 7) is 3.78. The van der Waals surface area contributed by atoms with E-state index >= 15 is 0 Å². The summed E-state index contributed by atoms with van der Waals surface area (Å²) in [6, 6.07) is 3.70. The topological polar surface area (TPSA) is 50.9 Å². The Morgan fingerprint density at radius 3 is 2.67 bits per heavy atom. The molecule has 0 radical (unpaired) electrons. The third-order valence-corrected chi connectivity index (χ3v) is 3.55. The Labute approximate surface area is 111 Å². The normalized spacial score (nSPS) is 12.7. The maximum Gasteiger partial charge on any atom is 0.130 e. The number of rotatable bonds is 3. The van der Waals surface area contributed by atoms with Crippen LogP contribution in [0.5, 0.6) is 0 Å². The minimum Gasteiger partial charge on any atom is -0.388 e. The van der Waals surface area contributed by atoms with Crippen LogP contribution < -0.4 is 0 Å². The van der Waals surface area contributed by atoms with Gasteiger partial charge < -0.3 is 5.11 Å². The fourth-order valence-electron chi connectivity index (χ4n) is 2.06. The van der Waals surface area contributed by atoms with E-state index in [1.54, 1.807) is 17.9 Å². The average Bonchev–Trinajstić information content (AvgIpc) is 2.56. The van der Waals surface area contributed by atoms with Crippen LogP contribution in [0.2, 0.25) is 5.15 Å². The highest BCUT2D eigenvalue weighted by atomic mass is 35.5. The lowest BCUT2D eigenvalue weighted by molar-refractivity contribution is 0.177. The summed E-state index contributed by atoms with van der Waals surface area (Å²) in [7, 11) is 1.79. The van der Waals surface area contributed by atoms with Gasteiger partial charge >= 0.3 is 0 Å². The van der Waals surface area contributed by atoms with Crippen molar-refractivity contribution >= 4 is 11.6 Å². The van der Waals surface area contributed by atoms with Crippen LogP contribution in [0.1, 0.15) is 28.6 Å². The number of pyridine rings is 1. The van der Waals surface area contributed by atoms with Crippen molar-refractivity contribution in [2.24, 2.45) is 7.05 Å². The van der Waals surface area contributed by atoms with Gasteiger partial charge in [0.05, 0.1) is 11.8 Å². The molecular weight excluding hydrogens is 250 g/mol. The number of aliphatic hydroxyl groups is 1. The molecule has 0 spiro atoms. The van der Waals surface area contributed by atoms with E-state index in [2.05, 4.69) is 10.1 Å². The number of aromatic nitrogens is 3. The first-order valence-electron chi connectivity index (χ1n) is 5.78. The molecular formula is C13H16ClN3O. The van der Waals surface area contributed by atoms with E-state index in [9.17, 15) is 5.11 Å². The fourth-order valence-corrected chi connectivity index (χ4v) is 2.31. The van der Waals surface area contributed by atoms with Crippen molar-refractivity contribution in [3.8, 4) is 0 Å². The van der Waals surface area contributed by atoms with Gasteiger partial charge in [-0.05, 0) is 19.9 Å². The summed E-state index contributed by atoms with van der Waals surface area (Å²) >= 11 is 6.16. The van der Waals surface area contributed by atoms with Crippen LogP contribution in [-0.2, 0) is 13.5 Å². The number of nitrogens with zero attached hydrogens (tertiary/aromatic N) is 3. The first-order chi connectivity index (χ1) is 8.50. The zero-order valence-corrected chi connectivity index (χ0v) is 11.4. The van der Waals surface area contributed by atoms with Crippen LogP contribution in [0.15, 0.2) is 18.3 Å². The Kier molecular flexibility index (Phi) is 3.68. The van der Waals surface area contributed by atoms with Crippen LogP contribution >= 0.6 is 11.6 Å². The van der Waals surface area contributed by atoms with Gasteiger partial charge in [-0.25, -0.2) is 0 Å². The molecule has 0 aliphatic heterocycles. The van der Waals surface area contributed by atoms with E-state index in [1.807, 2.05) is 26.0 Å². The van der Waals surface area contributed by atoms with E-state index in [0.717, 1.165) is 22.5 Å². The van der Waals surface area contributed by atoms with Gasteiger partial charge in [-0.3, -0.25) is 9.67 Å². The fraction of sp³-hybridized carbons (Fsp3) is 0.385. The molecule has 18 heavy (non-hydrogen) atoms. The Morgan fingerprint density at radius 2 is 2.11 bits per heavy atom. The largest absolute Gasteiger partial charge is 0.388 e. The number of hydrogen-bond donors (Lipinski definition) is 1. The molecule has 0 bridgehead atoms. The molecule has 2 aromatic heterocycles. The van der Waals surface area contributed by atoms with Crippen molar-refractivity contribution in [1.82, 2.24) is 14.8 Å². The number of aryl methyl sites for hydroxylation is 3. The van der Waals surface area contributed by atoms with Gasteiger partial charge in [0, 0.05) is 36.5 Å². The molecule has 2 aromatic rings. The minimum absolute atomic E-state index is 0.449. The highest BCUT2D eigenvalue weighted by Gasteiger charge is 2.18. The standard InChI is InChI=1S/C13H16ClN3O/c1-8-10(5-4-6-15-8)12(18)7-11-9(2)16-17(3)13(11)14/h4-6,12,18H,7H2,1-3H3. The van der Waals surface area contributed by atoms with Gasteiger partial charge in [-0.2, -0.15) is 5.10 Å². The SMILES string of the molecule is Cc1ncccc1C(O)Cc1c(C)nn(C)c1Cl. The van der Waals surface area contributed by atoms with Crippen molar-refractivity contribution in [2.75, 3.05) is 0 Å². The first-order valence-corrected chi connectivity index (χ1v) is 6.16. The predicted molar refractivity (Wildman–Crippen MR) is 70.6 cm³/mol. The molecule has 4 nitrogen and oxygen atoms in total. The van der Waals surface area contributed by atoms with Gasteiger partial charge in [-0.15, -0.1) is 0 Å². The highest BCUT2D eigenvalue weighted by Crippen LogP contribution is 2.26. The molecule has 0 amide bonds. The second-order valence-electron chi connectivity index (χ2n) is 4.38. The molecule has 1 unspecified atom stereocenters. The van der Waals surface area contributed by atoms with Gasteiger partial charge in [0.15, 0.2) is 0 Å². The molecule has 0 saturated heterocycles. The number of hydrogen-bond acceptors (Lipinski definition) is 3. The molecule has 0 aliphatic carbocycles. The predicted octanol–water partition coefficient (Wildman–Crippen LogP) is 2.36. The Bertz CT molecular complexity index is 565. The highest BCUT2D eigenvalue weighted by molar-refractivity contribution is 6.30. The minimum atomic E-state index is -0.612. The van der Waals surface area contributed by atoms with E-state index in [1.165, 1.54) is 0 Å². The van der Waals surface area contributed by atoms with Crippen LogP contribution in [0.25, 0.3) is 0 Å². The molecule has 1 atom stereocenters. The average molecular weight is 266 g/mol. The van der Waals surface area contributed by atoms with Crippen molar-refractivity contribution in [1.29, 1.82) is 0 Å². The third kappa shape index (κ3) is 2.40. The van der Waals surface area contributed by atoms with Crippen molar-refractivity contribution < 1.29 is 5.11 Å². The van der Waals surface area contributed by atoms with E-state index < -0.39 is 6.10 Å². The molecule has 1 N–H and O–H groups in total. The zero-order valence-electron chi connectivity index (χ0n) is 10.7. The third-order valence-electron chi connectivity index (χ3n) is 3.07. The summed E-state index contributed by atoms with van der Waals surface area (Å²) in [5.41, 5.74) is 3.40. The first kappa shape index (κ1) is 13.1. The lowest BCUT2D eigenvalue weighted by Gasteiger charge is -2.12. The summed E-state index contributed by atoms with van der Waals surface area (Å²) < 4.78 is 1.62. The molecule has 0 saturated carbocycles. The molecule has 2 heterocycles. The summed E-state index contributed by atoms with van der Waals surface area (Å²) in [5.74, 6) is 0. The van der Waals surface area contributed by atoms with Crippen LogP contribution in [0.3, 0.4) is 0 Å². The van der Waals surface area contributed by atoms with Gasteiger partial charge in [0.1, 0.15) is 5.15 Å². The van der Waals surface area contributed by atoms with E-state index in [0.29, 0.717) is 11.6 Å². The van der Waals surface area contributed by atoms with Crippen LogP contribution in [-0.4, -0.2) is 19.9 Å². The maximum absolute atomic E-state index is 10.3. The Hall–Kier alpha value is -1.39. The summed E-state index contributed by atoms with van der Waals surface area (Å²) in [5, 5.41) is 15.1. The van der Waals surface area contributed by atoms with Crippen LogP contribution in [0, 0.1) is 13.8 Å². The lowest BCUT2D eigenvalue weighted by Crippen LogP contribution is -2.05. The van der Waals surface area contributed by atoms with Gasteiger partial charge in [-0.1, -0.05) is 17.7 Å². The quantitative estimate of drug-likeness (QED) is 0.927. The van der Waals surface area contributed by atoms with Crippen molar-refractivity contribution in [3.05, 3.63) is 46.0 Å². The zero-order chi connectivity index (χ0) is 13.3. The monoisotopic (exact) mass is 265 g/mol. The van der Waals surface area contributed by atoms with E-state index in [4.69, 9.17) is 11.6 Å². The molecule has 0 aliphatic rings.